The monoisotopic (exact) mass is 296 g/mol. The molecule has 0 atom stereocenters. The molecule has 1 aromatic carbocycles. The van der Waals surface area contributed by atoms with Gasteiger partial charge in [0.15, 0.2) is 0 Å². The SMILES string of the molecule is C=C(C#N)c1cncc(-n2cc(C#N)c(-c3ccccc3)c2)c1. The van der Waals surface area contributed by atoms with Gasteiger partial charge >= 0.3 is 0 Å². The zero-order chi connectivity index (χ0) is 16.2. The van der Waals surface area contributed by atoms with Crippen molar-refractivity contribution in [3.05, 3.63) is 78.9 Å². The highest BCUT2D eigenvalue weighted by Gasteiger charge is 2.10. The number of rotatable bonds is 3. The van der Waals surface area contributed by atoms with E-state index in [9.17, 15) is 5.26 Å². The second kappa shape index (κ2) is 6.01. The number of hydrogen-bond donors (Lipinski definition) is 0. The van der Waals surface area contributed by atoms with Gasteiger partial charge in [0.05, 0.1) is 29.1 Å². The van der Waals surface area contributed by atoms with Crippen LogP contribution in [0.25, 0.3) is 22.4 Å². The van der Waals surface area contributed by atoms with Crippen LogP contribution in [0.4, 0.5) is 0 Å². The molecule has 3 rings (SSSR count). The number of benzene rings is 1. The molecule has 0 fully saturated rings. The van der Waals surface area contributed by atoms with E-state index in [1.54, 1.807) is 18.6 Å². The van der Waals surface area contributed by atoms with E-state index < -0.39 is 0 Å². The van der Waals surface area contributed by atoms with E-state index in [0.717, 1.165) is 16.8 Å². The minimum absolute atomic E-state index is 0.357. The van der Waals surface area contributed by atoms with E-state index >= 15 is 0 Å². The first-order valence-electron chi connectivity index (χ1n) is 6.95. The summed E-state index contributed by atoms with van der Waals surface area (Å²) in [6.45, 7) is 3.70. The molecule has 4 nitrogen and oxygen atoms in total. The van der Waals surface area contributed by atoms with Crippen LogP contribution in [-0.4, -0.2) is 9.55 Å². The summed E-state index contributed by atoms with van der Waals surface area (Å²) in [5.74, 6) is 0. The molecule has 23 heavy (non-hydrogen) atoms. The zero-order valence-electron chi connectivity index (χ0n) is 12.3. The summed E-state index contributed by atoms with van der Waals surface area (Å²) in [4.78, 5) is 4.15. The summed E-state index contributed by atoms with van der Waals surface area (Å²) in [5.41, 5.74) is 4.22. The molecule has 0 aliphatic heterocycles. The predicted molar refractivity (Wildman–Crippen MR) is 88.4 cm³/mol. The number of hydrogen-bond acceptors (Lipinski definition) is 3. The van der Waals surface area contributed by atoms with E-state index in [0.29, 0.717) is 16.7 Å². The molecule has 3 aromatic rings. The van der Waals surface area contributed by atoms with Crippen molar-refractivity contribution < 1.29 is 0 Å². The Hall–Kier alpha value is -3.63. The van der Waals surface area contributed by atoms with Gasteiger partial charge in [-0.05, 0) is 11.6 Å². The Kier molecular flexibility index (Phi) is 3.74. The van der Waals surface area contributed by atoms with Gasteiger partial charge < -0.3 is 4.57 Å². The van der Waals surface area contributed by atoms with E-state index in [2.05, 4.69) is 17.6 Å². The number of aromatic nitrogens is 2. The highest BCUT2D eigenvalue weighted by atomic mass is 15.0. The molecule has 2 aromatic heterocycles. The lowest BCUT2D eigenvalue weighted by molar-refractivity contribution is 1.05. The lowest BCUT2D eigenvalue weighted by Crippen LogP contribution is -1.93. The van der Waals surface area contributed by atoms with Crippen LogP contribution in [0.1, 0.15) is 11.1 Å². The molecule has 0 amide bonds. The molecule has 2 heterocycles. The van der Waals surface area contributed by atoms with Crippen LogP contribution in [0.15, 0.2) is 67.8 Å². The molecule has 0 saturated carbocycles. The number of nitriles is 2. The van der Waals surface area contributed by atoms with Crippen LogP contribution in [-0.2, 0) is 0 Å². The lowest BCUT2D eigenvalue weighted by Gasteiger charge is -2.04. The fourth-order valence-electron chi connectivity index (χ4n) is 2.34. The quantitative estimate of drug-likeness (QED) is 0.687. The summed E-state index contributed by atoms with van der Waals surface area (Å²) >= 11 is 0. The van der Waals surface area contributed by atoms with Gasteiger partial charge in [0.1, 0.15) is 6.07 Å². The van der Waals surface area contributed by atoms with Gasteiger partial charge in [0, 0.05) is 29.7 Å². The molecule has 4 heteroatoms. The predicted octanol–water partition coefficient (Wildman–Crippen LogP) is 3.95. The third-order valence-electron chi connectivity index (χ3n) is 3.54. The van der Waals surface area contributed by atoms with Crippen molar-refractivity contribution in [1.82, 2.24) is 9.55 Å². The van der Waals surface area contributed by atoms with Crippen molar-refractivity contribution in [3.63, 3.8) is 0 Å². The normalized spacial score (nSPS) is 9.83. The first-order valence-corrected chi connectivity index (χ1v) is 6.95. The van der Waals surface area contributed by atoms with Crippen LogP contribution in [0.3, 0.4) is 0 Å². The second-order valence-corrected chi connectivity index (χ2v) is 4.99. The number of nitrogens with zero attached hydrogens (tertiary/aromatic N) is 4. The van der Waals surface area contributed by atoms with Crippen molar-refractivity contribution in [3.8, 4) is 29.0 Å². The lowest BCUT2D eigenvalue weighted by atomic mass is 10.1. The summed E-state index contributed by atoms with van der Waals surface area (Å²) in [6, 6.07) is 15.8. The molecular weight excluding hydrogens is 284 g/mol. The summed E-state index contributed by atoms with van der Waals surface area (Å²) < 4.78 is 1.84. The second-order valence-electron chi connectivity index (χ2n) is 4.99. The van der Waals surface area contributed by atoms with Crippen LogP contribution in [0.2, 0.25) is 0 Å². The average molecular weight is 296 g/mol. The van der Waals surface area contributed by atoms with Gasteiger partial charge in [0.25, 0.3) is 0 Å². The standard InChI is InChI=1S/C19H12N4/c1-14(8-20)16-7-18(11-22-10-16)23-12-17(9-21)19(13-23)15-5-3-2-4-6-15/h2-7,10-13H,1H2. The first kappa shape index (κ1) is 14.3. The van der Waals surface area contributed by atoms with Crippen LogP contribution in [0, 0.1) is 22.7 Å². The Morgan fingerprint density at radius 3 is 2.57 bits per heavy atom. The van der Waals surface area contributed by atoms with Crippen molar-refractivity contribution in [2.75, 3.05) is 0 Å². The highest BCUT2D eigenvalue weighted by Crippen LogP contribution is 2.26. The van der Waals surface area contributed by atoms with Gasteiger partial charge in [-0.1, -0.05) is 36.9 Å². The Labute approximate surface area is 134 Å². The van der Waals surface area contributed by atoms with Crippen molar-refractivity contribution >= 4 is 5.57 Å². The number of allylic oxidation sites excluding steroid dienone is 1. The van der Waals surface area contributed by atoms with E-state index in [-0.39, 0.29) is 0 Å². The Morgan fingerprint density at radius 2 is 1.87 bits per heavy atom. The molecular formula is C19H12N4. The molecule has 108 valence electrons. The largest absolute Gasteiger partial charge is 0.320 e. The molecule has 0 aliphatic rings. The van der Waals surface area contributed by atoms with Gasteiger partial charge in [-0.2, -0.15) is 10.5 Å². The maximum atomic E-state index is 9.38. The molecule has 0 aliphatic carbocycles. The van der Waals surface area contributed by atoms with E-state index in [1.807, 2.05) is 53.2 Å². The first-order chi connectivity index (χ1) is 11.2. The minimum atomic E-state index is 0.357. The molecule has 0 spiro atoms. The van der Waals surface area contributed by atoms with Gasteiger partial charge in [-0.25, -0.2) is 0 Å². The molecule has 0 unspecified atom stereocenters. The van der Waals surface area contributed by atoms with Gasteiger partial charge in [-0.15, -0.1) is 0 Å². The molecule has 0 radical (unpaired) electrons. The van der Waals surface area contributed by atoms with Gasteiger partial charge in [-0.3, -0.25) is 4.98 Å². The molecule has 0 saturated heterocycles. The summed E-state index contributed by atoms with van der Waals surface area (Å²) in [6.07, 6.45) is 6.94. The van der Waals surface area contributed by atoms with Crippen molar-refractivity contribution in [2.24, 2.45) is 0 Å². The van der Waals surface area contributed by atoms with Gasteiger partial charge in [0.2, 0.25) is 0 Å². The third-order valence-corrected chi connectivity index (χ3v) is 3.54. The fraction of sp³-hybridized carbons (Fsp3) is 0. The third kappa shape index (κ3) is 2.74. The van der Waals surface area contributed by atoms with Crippen LogP contribution < -0.4 is 0 Å². The topological polar surface area (TPSA) is 65.4 Å². The maximum Gasteiger partial charge on any atom is 0.101 e. The van der Waals surface area contributed by atoms with E-state index in [1.165, 1.54) is 0 Å². The smallest absolute Gasteiger partial charge is 0.101 e. The van der Waals surface area contributed by atoms with Crippen molar-refractivity contribution in [1.29, 1.82) is 10.5 Å². The number of pyridine rings is 1. The minimum Gasteiger partial charge on any atom is -0.320 e. The van der Waals surface area contributed by atoms with Crippen LogP contribution >= 0.6 is 0 Å². The summed E-state index contributed by atoms with van der Waals surface area (Å²) in [5, 5.41) is 18.3. The average Bonchev–Trinajstić information content (AvgIpc) is 3.06. The Balaban J connectivity index is 2.09. The Morgan fingerprint density at radius 1 is 1.09 bits per heavy atom. The maximum absolute atomic E-state index is 9.38. The van der Waals surface area contributed by atoms with Crippen molar-refractivity contribution in [2.45, 2.75) is 0 Å². The van der Waals surface area contributed by atoms with Crippen LogP contribution in [0.5, 0.6) is 0 Å². The fourth-order valence-corrected chi connectivity index (χ4v) is 2.34. The van der Waals surface area contributed by atoms with E-state index in [4.69, 9.17) is 5.26 Å². The highest BCUT2D eigenvalue weighted by molar-refractivity contribution is 5.75. The summed E-state index contributed by atoms with van der Waals surface area (Å²) in [7, 11) is 0. The molecule has 0 N–H and O–H groups in total. The zero-order valence-corrected chi connectivity index (χ0v) is 12.3. The molecule has 0 bridgehead atoms. The Bertz CT molecular complexity index is 953.